The topological polar surface area (TPSA) is 66.4 Å². The highest BCUT2D eigenvalue weighted by atomic mass is 16.6. The maximum atomic E-state index is 9.11. The van der Waals surface area contributed by atoms with Crippen LogP contribution in [0.1, 0.15) is 40.5 Å². The van der Waals surface area contributed by atoms with Crippen LogP contribution >= 0.6 is 0 Å². The van der Waals surface area contributed by atoms with Crippen molar-refractivity contribution < 1.29 is 28.8 Å². The maximum Gasteiger partial charge on any atom is 0.0781 e. The number of hydrogen-bond acceptors (Lipinski definition) is 6. The Labute approximate surface area is 141 Å². The summed E-state index contributed by atoms with van der Waals surface area (Å²) in [6.45, 7) is 11.1. The molecule has 0 heterocycles. The minimum absolute atomic E-state index is 0.00772. The molecule has 6 heteroatoms. The molecule has 0 aliphatic rings. The van der Waals surface area contributed by atoms with Crippen LogP contribution in [0.5, 0.6) is 0 Å². The summed E-state index contributed by atoms with van der Waals surface area (Å²) in [7, 11) is 1.68. The third-order valence-corrected chi connectivity index (χ3v) is 3.17. The van der Waals surface area contributed by atoms with Crippen LogP contribution in [0.4, 0.5) is 0 Å². The van der Waals surface area contributed by atoms with Gasteiger partial charge in [-0.2, -0.15) is 0 Å². The van der Waals surface area contributed by atoms with E-state index in [-0.39, 0.29) is 18.3 Å². The second-order valence-electron chi connectivity index (χ2n) is 6.04. The van der Waals surface area contributed by atoms with E-state index in [9.17, 15) is 0 Å². The average molecular weight is 336 g/mol. The van der Waals surface area contributed by atoms with Gasteiger partial charge in [-0.05, 0) is 40.5 Å². The minimum atomic E-state index is -0.432. The Morgan fingerprint density at radius 3 is 1.61 bits per heavy atom. The van der Waals surface area contributed by atoms with E-state index >= 15 is 0 Å². The van der Waals surface area contributed by atoms with E-state index in [1.54, 1.807) is 14.0 Å². The first-order valence-corrected chi connectivity index (χ1v) is 8.55. The predicted octanol–water partition coefficient (Wildman–Crippen LogP) is 2.03. The first-order chi connectivity index (χ1) is 11.0. The largest absolute Gasteiger partial charge is 0.391 e. The number of methoxy groups -OCH3 is 1. The van der Waals surface area contributed by atoms with E-state index in [1.807, 2.05) is 20.8 Å². The molecule has 1 N–H and O–H groups in total. The molecule has 0 saturated heterocycles. The van der Waals surface area contributed by atoms with Crippen LogP contribution in [0, 0.1) is 0 Å². The monoisotopic (exact) mass is 336 g/mol. The number of aliphatic hydroxyl groups excluding tert-OH is 1. The van der Waals surface area contributed by atoms with Gasteiger partial charge < -0.3 is 28.8 Å². The van der Waals surface area contributed by atoms with E-state index in [1.165, 1.54) is 0 Å². The molecule has 6 nitrogen and oxygen atoms in total. The fourth-order valence-electron chi connectivity index (χ4n) is 1.67. The Morgan fingerprint density at radius 2 is 1.17 bits per heavy atom. The second-order valence-corrected chi connectivity index (χ2v) is 6.04. The smallest absolute Gasteiger partial charge is 0.0781 e. The molecule has 0 saturated carbocycles. The molecule has 0 aromatic rings. The van der Waals surface area contributed by atoms with Gasteiger partial charge in [0.25, 0.3) is 0 Å². The molecule has 0 bridgehead atoms. The lowest BCUT2D eigenvalue weighted by molar-refractivity contribution is -0.0487. The maximum absolute atomic E-state index is 9.11. The van der Waals surface area contributed by atoms with Crippen molar-refractivity contribution in [3.63, 3.8) is 0 Å². The zero-order valence-corrected chi connectivity index (χ0v) is 15.5. The molecule has 140 valence electrons. The predicted molar refractivity (Wildman–Crippen MR) is 89.9 cm³/mol. The van der Waals surface area contributed by atoms with Crippen molar-refractivity contribution >= 4 is 0 Å². The van der Waals surface area contributed by atoms with Gasteiger partial charge in [-0.15, -0.1) is 0 Å². The summed E-state index contributed by atoms with van der Waals surface area (Å²) in [5.74, 6) is 0. The van der Waals surface area contributed by atoms with Gasteiger partial charge in [0.15, 0.2) is 0 Å². The molecule has 0 aliphatic heterocycles. The van der Waals surface area contributed by atoms with Crippen molar-refractivity contribution in [1.29, 1.82) is 0 Å². The molecular weight excluding hydrogens is 300 g/mol. The highest BCUT2D eigenvalue weighted by Crippen LogP contribution is 1.99. The van der Waals surface area contributed by atoms with Crippen LogP contribution in [0.3, 0.4) is 0 Å². The SMILES string of the molecule is CO[C@H](C)CO[C@@H](C)COCCCCOC[C@H](C)OC[C@@H](C)O. The van der Waals surface area contributed by atoms with Gasteiger partial charge in [-0.3, -0.25) is 0 Å². The van der Waals surface area contributed by atoms with E-state index < -0.39 is 6.10 Å². The number of hydrogen-bond donors (Lipinski definition) is 1. The summed E-state index contributed by atoms with van der Waals surface area (Å²) in [5.41, 5.74) is 0. The number of aliphatic hydroxyl groups is 1. The summed E-state index contributed by atoms with van der Waals surface area (Å²) < 4.78 is 27.2. The van der Waals surface area contributed by atoms with Crippen LogP contribution < -0.4 is 0 Å². The van der Waals surface area contributed by atoms with Gasteiger partial charge in [0.2, 0.25) is 0 Å². The zero-order valence-electron chi connectivity index (χ0n) is 15.5. The summed E-state index contributed by atoms with van der Waals surface area (Å²) in [6.07, 6.45) is 1.69. The van der Waals surface area contributed by atoms with Crippen LogP contribution in [-0.4, -0.2) is 76.3 Å². The normalized spacial score (nSPS) is 17.0. The third kappa shape index (κ3) is 16.4. The third-order valence-electron chi connectivity index (χ3n) is 3.17. The lowest BCUT2D eigenvalue weighted by Crippen LogP contribution is -2.23. The number of ether oxygens (including phenoxy) is 5. The molecule has 0 amide bonds. The lowest BCUT2D eigenvalue weighted by atomic mass is 10.3. The molecule has 23 heavy (non-hydrogen) atoms. The molecule has 0 radical (unpaired) electrons. The van der Waals surface area contributed by atoms with E-state index in [4.69, 9.17) is 28.8 Å². The van der Waals surface area contributed by atoms with Crippen molar-refractivity contribution in [3.05, 3.63) is 0 Å². The summed E-state index contributed by atoms with van der Waals surface area (Å²) >= 11 is 0. The molecule has 0 rings (SSSR count). The molecule has 0 spiro atoms. The van der Waals surface area contributed by atoms with Crippen molar-refractivity contribution in [2.75, 3.05) is 46.8 Å². The fraction of sp³-hybridized carbons (Fsp3) is 1.00. The van der Waals surface area contributed by atoms with E-state index in [2.05, 4.69) is 0 Å². The molecule has 0 unspecified atom stereocenters. The quantitative estimate of drug-likeness (QED) is 0.435. The van der Waals surface area contributed by atoms with Crippen LogP contribution in [0.15, 0.2) is 0 Å². The fourth-order valence-corrected chi connectivity index (χ4v) is 1.67. The molecule has 0 aliphatic carbocycles. The number of rotatable bonds is 16. The van der Waals surface area contributed by atoms with Crippen molar-refractivity contribution in [3.8, 4) is 0 Å². The Morgan fingerprint density at radius 1 is 0.696 bits per heavy atom. The molecule has 4 atom stereocenters. The van der Waals surface area contributed by atoms with Gasteiger partial charge >= 0.3 is 0 Å². The Hall–Kier alpha value is -0.240. The van der Waals surface area contributed by atoms with E-state index in [0.717, 1.165) is 12.8 Å². The number of unbranched alkanes of at least 4 members (excludes halogenated alkanes) is 1. The summed E-state index contributed by atoms with van der Waals surface area (Å²) in [4.78, 5) is 0. The molecule has 0 aromatic heterocycles. The van der Waals surface area contributed by atoms with E-state index in [0.29, 0.717) is 39.6 Å². The first kappa shape index (κ1) is 22.8. The Kier molecular flexibility index (Phi) is 15.1. The summed E-state index contributed by atoms with van der Waals surface area (Å²) in [6, 6.07) is 0. The molecule has 0 fully saturated rings. The Bertz CT molecular complexity index is 249. The van der Waals surface area contributed by atoms with Crippen LogP contribution in [0.2, 0.25) is 0 Å². The van der Waals surface area contributed by atoms with Crippen molar-refractivity contribution in [1.82, 2.24) is 0 Å². The van der Waals surface area contributed by atoms with Crippen molar-refractivity contribution in [2.45, 2.75) is 65.0 Å². The molecular formula is C17H36O6. The second kappa shape index (κ2) is 15.3. The standard InChI is InChI=1S/C17H36O6/c1-14(18)10-22-16(3)11-20-8-6-7-9-21-12-17(4)23-13-15(2)19-5/h14-18H,6-13H2,1-5H3/t14-,15-,16+,17+/m1/s1. The van der Waals surface area contributed by atoms with Crippen LogP contribution in [-0.2, 0) is 23.7 Å². The minimum Gasteiger partial charge on any atom is -0.391 e. The van der Waals surface area contributed by atoms with Gasteiger partial charge in [-0.1, -0.05) is 0 Å². The van der Waals surface area contributed by atoms with Gasteiger partial charge in [-0.25, -0.2) is 0 Å². The Balaban J connectivity index is 3.29. The highest BCUT2D eigenvalue weighted by molar-refractivity contribution is 4.52. The lowest BCUT2D eigenvalue weighted by Gasteiger charge is -2.16. The summed E-state index contributed by atoms with van der Waals surface area (Å²) in [5, 5.41) is 9.11. The van der Waals surface area contributed by atoms with Gasteiger partial charge in [0, 0.05) is 20.3 Å². The van der Waals surface area contributed by atoms with Gasteiger partial charge in [0.1, 0.15) is 0 Å². The highest BCUT2D eigenvalue weighted by Gasteiger charge is 2.06. The average Bonchev–Trinajstić information content (AvgIpc) is 2.52. The van der Waals surface area contributed by atoms with Crippen molar-refractivity contribution in [2.24, 2.45) is 0 Å². The van der Waals surface area contributed by atoms with Crippen LogP contribution in [0.25, 0.3) is 0 Å². The zero-order chi connectivity index (χ0) is 17.5. The first-order valence-electron chi connectivity index (χ1n) is 8.55. The molecule has 0 aromatic carbocycles. The van der Waals surface area contributed by atoms with Gasteiger partial charge in [0.05, 0.1) is 50.8 Å².